The molecular weight excluding hydrogens is 362 g/mol. The van der Waals surface area contributed by atoms with Crippen LogP contribution in [-0.2, 0) is 0 Å². The molecule has 0 radical (unpaired) electrons. The molecule has 1 saturated carbocycles. The van der Waals surface area contributed by atoms with Crippen LogP contribution in [0.3, 0.4) is 0 Å². The maximum atomic E-state index is 13.6. The first-order valence-corrected chi connectivity index (χ1v) is 7.47. The van der Waals surface area contributed by atoms with Crippen molar-refractivity contribution in [3.8, 4) is 0 Å². The zero-order chi connectivity index (χ0) is 14.0. The number of benzene rings is 1. The van der Waals surface area contributed by atoms with Crippen LogP contribution >= 0.6 is 22.6 Å². The Morgan fingerprint density at radius 2 is 2.11 bits per heavy atom. The molecule has 2 rings (SSSR count). The third-order valence-electron chi connectivity index (χ3n) is 3.73. The number of nitrogens with zero attached hydrogens (tertiary/aromatic N) is 1. The molecule has 0 aromatic heterocycles. The summed E-state index contributed by atoms with van der Waals surface area (Å²) >= 11 is 1.76. The lowest BCUT2D eigenvalue weighted by molar-refractivity contribution is -0.384. The second-order valence-electron chi connectivity index (χ2n) is 5.02. The lowest BCUT2D eigenvalue weighted by atomic mass is 9.99. The van der Waals surface area contributed by atoms with Crippen LogP contribution in [0.4, 0.5) is 15.8 Å². The minimum absolute atomic E-state index is 0.0596. The van der Waals surface area contributed by atoms with Crippen molar-refractivity contribution in [1.29, 1.82) is 0 Å². The van der Waals surface area contributed by atoms with Crippen molar-refractivity contribution >= 4 is 34.0 Å². The van der Waals surface area contributed by atoms with Gasteiger partial charge in [-0.05, 0) is 48.3 Å². The molecular formula is C13H16FIN2O2. The van der Waals surface area contributed by atoms with Crippen LogP contribution in [0.5, 0.6) is 0 Å². The number of nitro groups is 1. The van der Waals surface area contributed by atoms with Crippen LogP contribution in [0.25, 0.3) is 0 Å². The molecule has 1 unspecified atom stereocenters. The van der Waals surface area contributed by atoms with Crippen molar-refractivity contribution in [3.63, 3.8) is 0 Å². The number of rotatable bonds is 4. The molecule has 0 saturated heterocycles. The lowest BCUT2D eigenvalue weighted by Gasteiger charge is -2.21. The summed E-state index contributed by atoms with van der Waals surface area (Å²) in [7, 11) is 0. The number of nitrogens with one attached hydrogen (secondary N) is 1. The molecule has 6 heteroatoms. The van der Waals surface area contributed by atoms with Gasteiger partial charge in [-0.3, -0.25) is 10.1 Å². The highest BCUT2D eigenvalue weighted by Gasteiger charge is 2.24. The number of hydrogen-bond acceptors (Lipinski definition) is 3. The summed E-state index contributed by atoms with van der Waals surface area (Å²) in [5.41, 5.74) is 0.220. The van der Waals surface area contributed by atoms with Gasteiger partial charge in [-0.25, -0.2) is 4.39 Å². The molecule has 1 aliphatic carbocycles. The molecule has 1 aliphatic rings. The van der Waals surface area contributed by atoms with Gasteiger partial charge in [0.25, 0.3) is 5.69 Å². The summed E-state index contributed by atoms with van der Waals surface area (Å²) in [6, 6.07) is 2.63. The summed E-state index contributed by atoms with van der Waals surface area (Å²) in [5, 5.41) is 14.1. The molecule has 0 spiro atoms. The van der Waals surface area contributed by atoms with Crippen LogP contribution in [0.1, 0.15) is 32.6 Å². The summed E-state index contributed by atoms with van der Waals surface area (Å²) in [5.74, 6) is 0.0919. The fourth-order valence-corrected chi connectivity index (χ4v) is 3.07. The predicted molar refractivity (Wildman–Crippen MR) is 80.8 cm³/mol. The van der Waals surface area contributed by atoms with Crippen LogP contribution < -0.4 is 5.32 Å². The molecule has 1 aromatic rings. The summed E-state index contributed by atoms with van der Waals surface area (Å²) in [6.45, 7) is 2.01. The molecule has 1 atom stereocenters. The summed E-state index contributed by atoms with van der Waals surface area (Å²) < 4.78 is 13.8. The van der Waals surface area contributed by atoms with E-state index in [9.17, 15) is 14.5 Å². The van der Waals surface area contributed by atoms with Gasteiger partial charge in [-0.1, -0.05) is 12.8 Å². The Morgan fingerprint density at radius 1 is 1.47 bits per heavy atom. The molecule has 0 heterocycles. The predicted octanol–water partition coefficient (Wildman–Crippen LogP) is 4.33. The van der Waals surface area contributed by atoms with Gasteiger partial charge >= 0.3 is 0 Å². The highest BCUT2D eigenvalue weighted by Crippen LogP contribution is 2.33. The smallest absolute Gasteiger partial charge is 0.293 e. The summed E-state index contributed by atoms with van der Waals surface area (Å²) in [4.78, 5) is 10.6. The van der Waals surface area contributed by atoms with Crippen LogP contribution in [-0.4, -0.2) is 11.0 Å². The first-order valence-electron chi connectivity index (χ1n) is 6.39. The SMILES string of the molecule is CC(Nc1cc(F)c(I)cc1[N+](=O)[O-])C1CCCC1. The maximum Gasteiger partial charge on any atom is 0.293 e. The Hall–Kier alpha value is -0.920. The van der Waals surface area contributed by atoms with Crippen molar-refractivity contribution in [2.24, 2.45) is 5.92 Å². The van der Waals surface area contributed by atoms with Gasteiger partial charge < -0.3 is 5.32 Å². The second kappa shape index (κ2) is 6.02. The van der Waals surface area contributed by atoms with Crippen LogP contribution in [0, 0.1) is 25.4 Å². The van der Waals surface area contributed by atoms with E-state index in [2.05, 4.69) is 5.32 Å². The van der Waals surface area contributed by atoms with Gasteiger partial charge in [0, 0.05) is 18.2 Å². The first-order chi connectivity index (χ1) is 8.99. The number of halogens is 2. The fourth-order valence-electron chi connectivity index (χ4n) is 2.62. The normalized spacial score (nSPS) is 17.4. The fraction of sp³-hybridized carbons (Fsp3) is 0.538. The molecule has 19 heavy (non-hydrogen) atoms. The van der Waals surface area contributed by atoms with E-state index in [1.54, 1.807) is 22.6 Å². The molecule has 1 aromatic carbocycles. The lowest BCUT2D eigenvalue weighted by Crippen LogP contribution is -2.24. The first kappa shape index (κ1) is 14.5. The second-order valence-corrected chi connectivity index (χ2v) is 6.18. The molecule has 0 bridgehead atoms. The van der Waals surface area contributed by atoms with Gasteiger partial charge in [-0.15, -0.1) is 0 Å². The van der Waals surface area contributed by atoms with E-state index < -0.39 is 10.7 Å². The van der Waals surface area contributed by atoms with E-state index in [-0.39, 0.29) is 21.0 Å². The minimum atomic E-state index is -0.467. The zero-order valence-corrected chi connectivity index (χ0v) is 12.8. The number of nitro benzene ring substituents is 1. The van der Waals surface area contributed by atoms with Crippen molar-refractivity contribution in [1.82, 2.24) is 0 Å². The largest absolute Gasteiger partial charge is 0.377 e. The monoisotopic (exact) mass is 378 g/mol. The molecule has 1 fully saturated rings. The van der Waals surface area contributed by atoms with E-state index >= 15 is 0 Å². The minimum Gasteiger partial charge on any atom is -0.377 e. The van der Waals surface area contributed by atoms with Crippen LogP contribution in [0.2, 0.25) is 0 Å². The van der Waals surface area contributed by atoms with Gasteiger partial charge in [0.2, 0.25) is 0 Å². The highest BCUT2D eigenvalue weighted by atomic mass is 127. The van der Waals surface area contributed by atoms with Crippen molar-refractivity contribution < 1.29 is 9.31 Å². The standard InChI is InChI=1S/C13H16FIN2O2/c1-8(9-4-2-3-5-9)16-12-6-10(14)11(15)7-13(12)17(18)19/h6-9,16H,2-5H2,1H3. The third kappa shape index (κ3) is 3.34. The van der Waals surface area contributed by atoms with Crippen molar-refractivity contribution in [3.05, 3.63) is 31.6 Å². The van der Waals surface area contributed by atoms with Gasteiger partial charge in [0.05, 0.1) is 8.49 Å². The average Bonchev–Trinajstić information content (AvgIpc) is 2.86. The Morgan fingerprint density at radius 3 is 2.68 bits per heavy atom. The molecule has 0 amide bonds. The Kier molecular flexibility index (Phi) is 4.59. The van der Waals surface area contributed by atoms with Gasteiger partial charge in [0.15, 0.2) is 0 Å². The Labute approximate surface area is 125 Å². The highest BCUT2D eigenvalue weighted by molar-refractivity contribution is 14.1. The van der Waals surface area contributed by atoms with E-state index in [0.29, 0.717) is 5.92 Å². The topological polar surface area (TPSA) is 55.2 Å². The van der Waals surface area contributed by atoms with Crippen molar-refractivity contribution in [2.45, 2.75) is 38.6 Å². The number of anilines is 1. The van der Waals surface area contributed by atoms with Gasteiger partial charge in [0.1, 0.15) is 11.5 Å². The van der Waals surface area contributed by atoms with Crippen molar-refractivity contribution in [2.75, 3.05) is 5.32 Å². The average molecular weight is 378 g/mol. The van der Waals surface area contributed by atoms with E-state index in [4.69, 9.17) is 0 Å². The molecule has 4 nitrogen and oxygen atoms in total. The van der Waals surface area contributed by atoms with E-state index in [1.807, 2.05) is 6.92 Å². The van der Waals surface area contributed by atoms with Crippen LogP contribution in [0.15, 0.2) is 12.1 Å². The third-order valence-corrected chi connectivity index (χ3v) is 4.55. The quantitative estimate of drug-likeness (QED) is 0.482. The molecule has 104 valence electrons. The Bertz CT molecular complexity index is 490. The van der Waals surface area contributed by atoms with E-state index in [1.165, 1.54) is 25.0 Å². The summed E-state index contributed by atoms with van der Waals surface area (Å²) in [6.07, 6.45) is 4.68. The number of hydrogen-bond donors (Lipinski definition) is 1. The molecule has 0 aliphatic heterocycles. The maximum absolute atomic E-state index is 13.6. The van der Waals surface area contributed by atoms with Gasteiger partial charge in [-0.2, -0.15) is 0 Å². The zero-order valence-electron chi connectivity index (χ0n) is 10.7. The molecule has 1 N–H and O–H groups in total. The Balaban J connectivity index is 2.22. The van der Waals surface area contributed by atoms with E-state index in [0.717, 1.165) is 12.8 Å².